The van der Waals surface area contributed by atoms with Gasteiger partial charge in [0, 0.05) is 30.4 Å². The molecule has 1 aromatic carbocycles. The predicted octanol–water partition coefficient (Wildman–Crippen LogP) is 3.23. The minimum Gasteiger partial charge on any atom is -0.384 e. The molecule has 3 nitrogen and oxygen atoms in total. The molecule has 1 heterocycles. The first kappa shape index (κ1) is 13.2. The Balaban J connectivity index is 1.83. The lowest BCUT2D eigenvalue weighted by Crippen LogP contribution is -2.38. The zero-order valence-electron chi connectivity index (χ0n) is 11.9. The van der Waals surface area contributed by atoms with Gasteiger partial charge in [-0.05, 0) is 43.0 Å². The van der Waals surface area contributed by atoms with Gasteiger partial charge in [-0.15, -0.1) is 6.58 Å². The number of anilines is 1. The summed E-state index contributed by atoms with van der Waals surface area (Å²) in [6.07, 6.45) is 7.59. The van der Waals surface area contributed by atoms with E-state index in [1.165, 1.54) is 24.1 Å². The standard InChI is InChI=1S/C17H22N2O/c1-2-11-19(15-5-3-4-6-15)17(20)14-7-8-16-13(12-14)9-10-18-16/h2,7-8,12,15,18H,1,3-6,9-11H2. The number of fused-ring (bicyclic) bond motifs is 1. The molecule has 106 valence electrons. The highest BCUT2D eigenvalue weighted by Crippen LogP contribution is 2.27. The van der Waals surface area contributed by atoms with E-state index in [4.69, 9.17) is 0 Å². The first-order valence-corrected chi connectivity index (χ1v) is 7.58. The van der Waals surface area contributed by atoms with Crippen molar-refractivity contribution in [2.24, 2.45) is 0 Å². The van der Waals surface area contributed by atoms with Crippen LogP contribution >= 0.6 is 0 Å². The van der Waals surface area contributed by atoms with Crippen LogP contribution in [0.4, 0.5) is 5.69 Å². The number of hydrogen-bond donors (Lipinski definition) is 1. The first-order valence-electron chi connectivity index (χ1n) is 7.58. The molecule has 1 aromatic rings. The van der Waals surface area contributed by atoms with Gasteiger partial charge in [0.2, 0.25) is 0 Å². The molecule has 1 aliphatic heterocycles. The van der Waals surface area contributed by atoms with Gasteiger partial charge in [0.1, 0.15) is 0 Å². The van der Waals surface area contributed by atoms with Gasteiger partial charge >= 0.3 is 0 Å². The number of benzene rings is 1. The second-order valence-electron chi connectivity index (χ2n) is 5.73. The van der Waals surface area contributed by atoms with Gasteiger partial charge in [-0.2, -0.15) is 0 Å². The fourth-order valence-corrected chi connectivity index (χ4v) is 3.36. The topological polar surface area (TPSA) is 32.3 Å². The van der Waals surface area contributed by atoms with Crippen molar-refractivity contribution in [1.29, 1.82) is 0 Å². The molecule has 0 unspecified atom stereocenters. The number of nitrogens with one attached hydrogen (secondary N) is 1. The van der Waals surface area contributed by atoms with Crippen LogP contribution in [0, 0.1) is 0 Å². The molecule has 2 aliphatic rings. The fraction of sp³-hybridized carbons (Fsp3) is 0.471. The fourth-order valence-electron chi connectivity index (χ4n) is 3.36. The Morgan fingerprint density at radius 1 is 1.40 bits per heavy atom. The van der Waals surface area contributed by atoms with Gasteiger partial charge in [0.15, 0.2) is 0 Å². The molecule has 0 aromatic heterocycles. The van der Waals surface area contributed by atoms with Crippen molar-refractivity contribution < 1.29 is 4.79 Å². The van der Waals surface area contributed by atoms with Crippen molar-refractivity contribution in [2.75, 3.05) is 18.4 Å². The SMILES string of the molecule is C=CCN(C(=O)c1ccc2c(c1)CCN2)C1CCCC1. The minimum atomic E-state index is 0.159. The third-order valence-corrected chi connectivity index (χ3v) is 4.41. The Hall–Kier alpha value is -1.77. The van der Waals surface area contributed by atoms with Crippen molar-refractivity contribution in [1.82, 2.24) is 4.90 Å². The van der Waals surface area contributed by atoms with E-state index in [1.54, 1.807) is 0 Å². The maximum Gasteiger partial charge on any atom is 0.254 e. The van der Waals surface area contributed by atoms with Crippen LogP contribution in [0.1, 0.15) is 41.6 Å². The van der Waals surface area contributed by atoms with E-state index in [0.717, 1.165) is 31.4 Å². The van der Waals surface area contributed by atoms with Crippen LogP contribution in [0.25, 0.3) is 0 Å². The second kappa shape index (κ2) is 5.70. The normalized spacial score (nSPS) is 17.6. The number of carbonyl (C=O) groups excluding carboxylic acids is 1. The average molecular weight is 270 g/mol. The van der Waals surface area contributed by atoms with Crippen LogP contribution in [0.5, 0.6) is 0 Å². The van der Waals surface area contributed by atoms with E-state index in [-0.39, 0.29) is 5.91 Å². The van der Waals surface area contributed by atoms with Crippen molar-refractivity contribution in [3.8, 4) is 0 Å². The number of amides is 1. The number of rotatable bonds is 4. The van der Waals surface area contributed by atoms with Crippen molar-refractivity contribution >= 4 is 11.6 Å². The maximum atomic E-state index is 12.8. The lowest BCUT2D eigenvalue weighted by Gasteiger charge is -2.28. The molecule has 1 amide bonds. The van der Waals surface area contributed by atoms with Gasteiger partial charge in [-0.3, -0.25) is 4.79 Å². The molecule has 3 rings (SSSR count). The highest BCUT2D eigenvalue weighted by Gasteiger charge is 2.27. The smallest absolute Gasteiger partial charge is 0.254 e. The molecule has 3 heteroatoms. The van der Waals surface area contributed by atoms with E-state index < -0.39 is 0 Å². The van der Waals surface area contributed by atoms with Crippen molar-refractivity contribution in [2.45, 2.75) is 38.1 Å². The third kappa shape index (κ3) is 2.45. The van der Waals surface area contributed by atoms with Gasteiger partial charge < -0.3 is 10.2 Å². The van der Waals surface area contributed by atoms with E-state index in [9.17, 15) is 4.79 Å². The molecule has 0 saturated heterocycles. The maximum absolute atomic E-state index is 12.8. The van der Waals surface area contributed by atoms with Crippen LogP contribution in [0.15, 0.2) is 30.9 Å². The monoisotopic (exact) mass is 270 g/mol. The second-order valence-corrected chi connectivity index (χ2v) is 5.73. The number of nitrogens with zero attached hydrogens (tertiary/aromatic N) is 1. The van der Waals surface area contributed by atoms with Crippen LogP contribution in [0.2, 0.25) is 0 Å². The van der Waals surface area contributed by atoms with Gasteiger partial charge in [-0.25, -0.2) is 0 Å². The summed E-state index contributed by atoms with van der Waals surface area (Å²) < 4.78 is 0. The molecule has 1 saturated carbocycles. The Bertz CT molecular complexity index is 518. The summed E-state index contributed by atoms with van der Waals surface area (Å²) in [4.78, 5) is 14.8. The molecule has 0 atom stereocenters. The summed E-state index contributed by atoms with van der Waals surface area (Å²) in [6.45, 7) is 5.43. The summed E-state index contributed by atoms with van der Waals surface area (Å²) >= 11 is 0. The summed E-state index contributed by atoms with van der Waals surface area (Å²) in [5, 5.41) is 3.33. The molecule has 1 fully saturated rings. The minimum absolute atomic E-state index is 0.159. The van der Waals surface area contributed by atoms with Gasteiger partial charge in [0.25, 0.3) is 5.91 Å². The molecule has 0 radical (unpaired) electrons. The highest BCUT2D eigenvalue weighted by atomic mass is 16.2. The molecular formula is C17H22N2O. The van der Waals surface area contributed by atoms with Gasteiger partial charge in [0.05, 0.1) is 0 Å². The van der Waals surface area contributed by atoms with Crippen molar-refractivity contribution in [3.05, 3.63) is 42.0 Å². The molecule has 0 spiro atoms. The molecule has 0 bridgehead atoms. The van der Waals surface area contributed by atoms with E-state index in [0.29, 0.717) is 12.6 Å². The van der Waals surface area contributed by atoms with Crippen molar-refractivity contribution in [3.63, 3.8) is 0 Å². The van der Waals surface area contributed by atoms with E-state index in [1.807, 2.05) is 23.1 Å². The molecular weight excluding hydrogens is 248 g/mol. The number of carbonyl (C=O) groups is 1. The Labute approximate surface area is 120 Å². The zero-order chi connectivity index (χ0) is 13.9. The van der Waals surface area contributed by atoms with Crippen LogP contribution in [0.3, 0.4) is 0 Å². The third-order valence-electron chi connectivity index (χ3n) is 4.41. The van der Waals surface area contributed by atoms with Crippen LogP contribution < -0.4 is 5.32 Å². The first-order chi connectivity index (χ1) is 9.79. The largest absolute Gasteiger partial charge is 0.384 e. The summed E-state index contributed by atoms with van der Waals surface area (Å²) in [6, 6.07) is 6.44. The predicted molar refractivity (Wildman–Crippen MR) is 82.1 cm³/mol. The molecule has 1 N–H and O–H groups in total. The quantitative estimate of drug-likeness (QED) is 0.852. The Morgan fingerprint density at radius 3 is 2.95 bits per heavy atom. The Morgan fingerprint density at radius 2 is 2.20 bits per heavy atom. The van der Waals surface area contributed by atoms with Crippen LogP contribution in [-0.4, -0.2) is 29.9 Å². The number of hydrogen-bond acceptors (Lipinski definition) is 2. The van der Waals surface area contributed by atoms with Gasteiger partial charge in [-0.1, -0.05) is 18.9 Å². The Kier molecular flexibility index (Phi) is 3.77. The van der Waals surface area contributed by atoms with Crippen LogP contribution in [-0.2, 0) is 6.42 Å². The van der Waals surface area contributed by atoms with E-state index >= 15 is 0 Å². The molecule has 1 aliphatic carbocycles. The zero-order valence-corrected chi connectivity index (χ0v) is 11.9. The summed E-state index contributed by atoms with van der Waals surface area (Å²) in [5.41, 5.74) is 3.26. The highest BCUT2D eigenvalue weighted by molar-refractivity contribution is 5.95. The summed E-state index contributed by atoms with van der Waals surface area (Å²) in [7, 11) is 0. The summed E-state index contributed by atoms with van der Waals surface area (Å²) in [5.74, 6) is 0.159. The lowest BCUT2D eigenvalue weighted by molar-refractivity contribution is 0.0706. The van der Waals surface area contributed by atoms with E-state index in [2.05, 4.69) is 18.0 Å². The lowest BCUT2D eigenvalue weighted by atomic mass is 10.1. The molecule has 20 heavy (non-hydrogen) atoms. The average Bonchev–Trinajstić information content (AvgIpc) is 3.13.